The molecule has 3 aromatic rings. The standard InChI is InChI=1S/C19H15ClN6O3/c1-10-15(17(21)27)16(12-7-3-5-9-14(12)26(28)29)25-19(22-10)23-18(24-25)11-6-2-4-8-13(11)20/h2-9,16H,1H3,(H2,21,27)(H,22,23,24)/t16-/m1/s1. The summed E-state index contributed by atoms with van der Waals surface area (Å²) in [6.45, 7) is 1.66. The molecule has 4 rings (SSSR count). The molecule has 2 aromatic carbocycles. The fraction of sp³-hybridized carbons (Fsp3) is 0.105. The second kappa shape index (κ2) is 7.02. The van der Waals surface area contributed by atoms with E-state index in [0.717, 1.165) is 0 Å². The Hall–Kier alpha value is -3.72. The first kappa shape index (κ1) is 18.6. The lowest BCUT2D eigenvalue weighted by Crippen LogP contribution is -2.32. The van der Waals surface area contributed by atoms with Gasteiger partial charge in [0, 0.05) is 17.3 Å². The number of nitrogens with two attached hydrogens (primary N) is 1. The smallest absolute Gasteiger partial charge is 0.275 e. The molecule has 0 aliphatic carbocycles. The summed E-state index contributed by atoms with van der Waals surface area (Å²) in [5.74, 6) is -0.0654. The van der Waals surface area contributed by atoms with Crippen LogP contribution in [0.1, 0.15) is 18.5 Å². The highest BCUT2D eigenvalue weighted by Crippen LogP contribution is 2.39. The van der Waals surface area contributed by atoms with Crippen molar-refractivity contribution in [2.75, 3.05) is 5.32 Å². The highest BCUT2D eigenvalue weighted by Gasteiger charge is 2.37. The molecule has 3 N–H and O–H groups in total. The first-order valence-electron chi connectivity index (χ1n) is 8.61. The fourth-order valence-electron chi connectivity index (χ4n) is 3.40. The first-order chi connectivity index (χ1) is 13.9. The molecule has 0 saturated carbocycles. The number of primary amides is 1. The second-order valence-corrected chi connectivity index (χ2v) is 6.84. The van der Waals surface area contributed by atoms with Crippen LogP contribution in [0.15, 0.2) is 59.8 Å². The van der Waals surface area contributed by atoms with E-state index in [-0.39, 0.29) is 16.8 Å². The molecule has 0 unspecified atom stereocenters. The fourth-order valence-corrected chi connectivity index (χ4v) is 3.62. The second-order valence-electron chi connectivity index (χ2n) is 6.43. The average Bonchev–Trinajstić information content (AvgIpc) is 3.10. The molecular weight excluding hydrogens is 396 g/mol. The summed E-state index contributed by atoms with van der Waals surface area (Å²) in [5, 5.41) is 19.6. The third-order valence-electron chi connectivity index (χ3n) is 4.66. The molecule has 9 nitrogen and oxygen atoms in total. The average molecular weight is 411 g/mol. The van der Waals surface area contributed by atoms with Gasteiger partial charge in [0.25, 0.3) is 5.69 Å². The van der Waals surface area contributed by atoms with E-state index in [9.17, 15) is 14.9 Å². The molecular formula is C19H15ClN6O3. The number of aromatic nitrogens is 3. The molecule has 0 fully saturated rings. The zero-order valence-corrected chi connectivity index (χ0v) is 15.9. The number of nitro groups is 1. The molecule has 146 valence electrons. The van der Waals surface area contributed by atoms with Crippen LogP contribution in [0.3, 0.4) is 0 Å². The Bertz CT molecular complexity index is 1190. The number of carbonyl (C=O) groups is 1. The Labute approximate surface area is 170 Å². The molecule has 0 bridgehead atoms. The van der Waals surface area contributed by atoms with Crippen molar-refractivity contribution >= 4 is 29.1 Å². The van der Waals surface area contributed by atoms with E-state index >= 15 is 0 Å². The van der Waals surface area contributed by atoms with Gasteiger partial charge >= 0.3 is 0 Å². The van der Waals surface area contributed by atoms with Crippen molar-refractivity contribution < 1.29 is 9.72 Å². The van der Waals surface area contributed by atoms with Crippen LogP contribution >= 0.6 is 11.6 Å². The normalized spacial score (nSPS) is 15.6. The predicted octanol–water partition coefficient (Wildman–Crippen LogP) is 3.28. The Kier molecular flexibility index (Phi) is 4.51. The molecule has 0 saturated heterocycles. The SMILES string of the molecule is CC1=C(C(N)=O)[C@@H](c2ccccc2[N+](=O)[O-])n2nc(-c3ccccc3Cl)nc2N1. The third-order valence-corrected chi connectivity index (χ3v) is 4.99. The summed E-state index contributed by atoms with van der Waals surface area (Å²) in [6, 6.07) is 12.3. The number of nitro benzene ring substituents is 1. The monoisotopic (exact) mass is 410 g/mol. The van der Waals surface area contributed by atoms with Crippen molar-refractivity contribution in [1.29, 1.82) is 0 Å². The number of carbonyl (C=O) groups excluding carboxylic acids is 1. The number of rotatable bonds is 4. The van der Waals surface area contributed by atoms with E-state index in [1.807, 2.05) is 0 Å². The summed E-state index contributed by atoms with van der Waals surface area (Å²) in [4.78, 5) is 27.8. The molecule has 1 aliphatic heterocycles. The number of hydrogen-bond acceptors (Lipinski definition) is 6. The van der Waals surface area contributed by atoms with Crippen molar-refractivity contribution in [2.45, 2.75) is 13.0 Å². The van der Waals surface area contributed by atoms with Gasteiger partial charge in [-0.15, -0.1) is 5.10 Å². The third kappa shape index (κ3) is 3.11. The Balaban J connectivity index is 1.96. The van der Waals surface area contributed by atoms with E-state index in [0.29, 0.717) is 28.1 Å². The lowest BCUT2D eigenvalue weighted by Gasteiger charge is -2.27. The minimum Gasteiger partial charge on any atom is -0.366 e. The number of fused-ring (bicyclic) bond motifs is 1. The van der Waals surface area contributed by atoms with Gasteiger partial charge in [-0.25, -0.2) is 4.68 Å². The zero-order chi connectivity index (χ0) is 20.7. The van der Waals surface area contributed by atoms with Gasteiger partial charge in [0.2, 0.25) is 11.9 Å². The maximum Gasteiger partial charge on any atom is 0.275 e. The topological polar surface area (TPSA) is 129 Å². The molecule has 0 spiro atoms. The maximum absolute atomic E-state index is 12.2. The van der Waals surface area contributed by atoms with Gasteiger partial charge in [-0.2, -0.15) is 4.98 Å². The van der Waals surface area contributed by atoms with Crippen molar-refractivity contribution in [1.82, 2.24) is 14.8 Å². The number of amides is 1. The van der Waals surface area contributed by atoms with Crippen LogP contribution in [0, 0.1) is 10.1 Å². The van der Waals surface area contributed by atoms with Crippen LogP contribution in [0.5, 0.6) is 0 Å². The molecule has 1 amide bonds. The zero-order valence-electron chi connectivity index (χ0n) is 15.2. The van der Waals surface area contributed by atoms with Gasteiger partial charge in [-0.1, -0.05) is 35.9 Å². The number of nitrogens with one attached hydrogen (secondary N) is 1. The van der Waals surface area contributed by atoms with E-state index in [2.05, 4.69) is 15.4 Å². The number of anilines is 1. The van der Waals surface area contributed by atoms with Crippen LogP contribution in [0.4, 0.5) is 11.6 Å². The predicted molar refractivity (Wildman–Crippen MR) is 107 cm³/mol. The van der Waals surface area contributed by atoms with Gasteiger partial charge in [-0.05, 0) is 25.1 Å². The molecule has 2 heterocycles. The van der Waals surface area contributed by atoms with Gasteiger partial charge in [0.05, 0.1) is 21.1 Å². The molecule has 1 atom stereocenters. The van der Waals surface area contributed by atoms with Gasteiger partial charge < -0.3 is 11.1 Å². The lowest BCUT2D eigenvalue weighted by molar-refractivity contribution is -0.385. The van der Waals surface area contributed by atoms with Crippen LogP contribution in [0.25, 0.3) is 11.4 Å². The van der Waals surface area contributed by atoms with Gasteiger partial charge in [0.1, 0.15) is 6.04 Å². The number of allylic oxidation sites excluding steroid dienone is 1. The number of halogens is 1. The van der Waals surface area contributed by atoms with E-state index in [4.69, 9.17) is 17.3 Å². The van der Waals surface area contributed by atoms with Crippen LogP contribution < -0.4 is 11.1 Å². The summed E-state index contributed by atoms with van der Waals surface area (Å²) in [6.07, 6.45) is 0. The van der Waals surface area contributed by atoms with Crippen LogP contribution in [0.2, 0.25) is 5.02 Å². The minimum atomic E-state index is -0.908. The maximum atomic E-state index is 12.2. The Morgan fingerprint density at radius 2 is 1.93 bits per heavy atom. The van der Waals surface area contributed by atoms with Gasteiger partial charge in [-0.3, -0.25) is 14.9 Å². The van der Waals surface area contributed by atoms with Crippen LogP contribution in [-0.2, 0) is 4.79 Å². The summed E-state index contributed by atoms with van der Waals surface area (Å²) < 4.78 is 1.42. The van der Waals surface area contributed by atoms with E-state index in [1.54, 1.807) is 49.4 Å². The Morgan fingerprint density at radius 3 is 2.62 bits per heavy atom. The molecule has 0 radical (unpaired) electrons. The molecule has 1 aliphatic rings. The van der Waals surface area contributed by atoms with Crippen molar-refractivity contribution in [3.63, 3.8) is 0 Å². The highest BCUT2D eigenvalue weighted by atomic mass is 35.5. The summed E-state index contributed by atoms with van der Waals surface area (Å²) in [7, 11) is 0. The summed E-state index contributed by atoms with van der Waals surface area (Å²) in [5.41, 5.74) is 6.97. The summed E-state index contributed by atoms with van der Waals surface area (Å²) >= 11 is 6.27. The van der Waals surface area contributed by atoms with E-state index < -0.39 is 16.9 Å². The van der Waals surface area contributed by atoms with Gasteiger partial charge in [0.15, 0.2) is 5.82 Å². The molecule has 29 heavy (non-hydrogen) atoms. The van der Waals surface area contributed by atoms with Crippen molar-refractivity contribution in [3.05, 3.63) is 80.5 Å². The quantitative estimate of drug-likeness (QED) is 0.501. The largest absolute Gasteiger partial charge is 0.366 e. The lowest BCUT2D eigenvalue weighted by atomic mass is 9.94. The number of hydrogen-bond donors (Lipinski definition) is 2. The van der Waals surface area contributed by atoms with Crippen molar-refractivity contribution in [3.8, 4) is 11.4 Å². The number of benzene rings is 2. The van der Waals surface area contributed by atoms with Crippen LogP contribution in [-0.4, -0.2) is 25.6 Å². The highest BCUT2D eigenvalue weighted by molar-refractivity contribution is 6.33. The van der Waals surface area contributed by atoms with E-state index in [1.165, 1.54) is 10.7 Å². The molecule has 1 aromatic heterocycles. The molecule has 10 heteroatoms. The number of nitrogens with zero attached hydrogens (tertiary/aromatic N) is 4. The van der Waals surface area contributed by atoms with Crippen molar-refractivity contribution in [2.24, 2.45) is 5.73 Å². The first-order valence-corrected chi connectivity index (χ1v) is 8.98. The minimum absolute atomic E-state index is 0.147. The number of para-hydroxylation sites is 1. The Morgan fingerprint density at radius 1 is 1.24 bits per heavy atom.